The van der Waals surface area contributed by atoms with E-state index in [2.05, 4.69) is 10.1 Å². The Hall–Kier alpha value is -1.75. The Bertz CT molecular complexity index is 476. The smallest absolute Gasteiger partial charge is 0.328 e. The summed E-state index contributed by atoms with van der Waals surface area (Å²) in [6.07, 6.45) is 0. The van der Waals surface area contributed by atoms with E-state index < -0.39 is 17.9 Å². The monoisotopic (exact) mass is 285 g/mol. The van der Waals surface area contributed by atoms with Crippen molar-refractivity contribution in [1.29, 1.82) is 0 Å². The first-order chi connectivity index (χ1) is 8.93. The van der Waals surface area contributed by atoms with Crippen LogP contribution in [-0.4, -0.2) is 31.6 Å². The molecule has 1 unspecified atom stereocenters. The first kappa shape index (κ1) is 15.3. The molecule has 0 radical (unpaired) electrons. The highest BCUT2D eigenvalue weighted by atomic mass is 35.5. The number of carbonyl (C=O) groups excluding carboxylic acids is 2. The quantitative estimate of drug-likeness (QED) is 0.837. The average molecular weight is 286 g/mol. The van der Waals surface area contributed by atoms with Gasteiger partial charge in [-0.05, 0) is 31.5 Å². The number of benzene rings is 1. The Balaban J connectivity index is 2.50. The van der Waals surface area contributed by atoms with E-state index in [0.717, 1.165) is 5.56 Å². The maximum Gasteiger partial charge on any atom is 0.328 e. The summed E-state index contributed by atoms with van der Waals surface area (Å²) in [5.41, 5.74) is 0.975. The third-order valence-corrected chi connectivity index (χ3v) is 2.69. The molecule has 0 fully saturated rings. The van der Waals surface area contributed by atoms with Gasteiger partial charge in [-0.15, -0.1) is 0 Å². The largest absolute Gasteiger partial charge is 0.482 e. The van der Waals surface area contributed by atoms with Crippen LogP contribution < -0.4 is 10.1 Å². The number of aryl methyl sites for hydroxylation is 1. The number of rotatable bonds is 5. The van der Waals surface area contributed by atoms with Crippen molar-refractivity contribution in [1.82, 2.24) is 5.32 Å². The number of methoxy groups -OCH3 is 1. The molecule has 0 aliphatic rings. The highest BCUT2D eigenvalue weighted by molar-refractivity contribution is 6.32. The molecule has 19 heavy (non-hydrogen) atoms. The van der Waals surface area contributed by atoms with Crippen LogP contribution in [0.5, 0.6) is 5.75 Å². The molecule has 1 rings (SSSR count). The van der Waals surface area contributed by atoms with Gasteiger partial charge in [0, 0.05) is 0 Å². The van der Waals surface area contributed by atoms with Crippen LogP contribution in [0.15, 0.2) is 18.2 Å². The Morgan fingerprint density at radius 2 is 2.11 bits per heavy atom. The van der Waals surface area contributed by atoms with E-state index in [4.69, 9.17) is 16.3 Å². The standard InChI is InChI=1S/C13H16ClNO4/c1-8-4-5-10(14)11(6-8)19-7-12(16)15-9(2)13(17)18-3/h4-6,9H,7H2,1-3H3,(H,15,16). The fourth-order valence-electron chi connectivity index (χ4n) is 1.38. The lowest BCUT2D eigenvalue weighted by atomic mass is 10.2. The van der Waals surface area contributed by atoms with Gasteiger partial charge in [0.1, 0.15) is 11.8 Å². The van der Waals surface area contributed by atoms with Crippen LogP contribution in [-0.2, 0) is 14.3 Å². The Morgan fingerprint density at radius 1 is 1.42 bits per heavy atom. The summed E-state index contributed by atoms with van der Waals surface area (Å²) in [5, 5.41) is 2.88. The lowest BCUT2D eigenvalue weighted by Crippen LogP contribution is -2.41. The third kappa shape index (κ3) is 4.79. The van der Waals surface area contributed by atoms with Crippen LogP contribution in [0.4, 0.5) is 0 Å². The van der Waals surface area contributed by atoms with Crippen molar-refractivity contribution in [2.75, 3.05) is 13.7 Å². The van der Waals surface area contributed by atoms with Gasteiger partial charge in [0.05, 0.1) is 12.1 Å². The lowest BCUT2D eigenvalue weighted by molar-refractivity contribution is -0.144. The number of hydrogen-bond acceptors (Lipinski definition) is 4. The van der Waals surface area contributed by atoms with E-state index >= 15 is 0 Å². The van der Waals surface area contributed by atoms with Crippen LogP contribution in [0, 0.1) is 6.92 Å². The second-order valence-electron chi connectivity index (χ2n) is 4.03. The highest BCUT2D eigenvalue weighted by Gasteiger charge is 2.16. The predicted molar refractivity (Wildman–Crippen MR) is 71.3 cm³/mol. The van der Waals surface area contributed by atoms with Crippen LogP contribution in [0.2, 0.25) is 5.02 Å². The topological polar surface area (TPSA) is 64.6 Å². The summed E-state index contributed by atoms with van der Waals surface area (Å²) in [6, 6.07) is 4.56. The molecule has 1 amide bonds. The van der Waals surface area contributed by atoms with Crippen molar-refractivity contribution in [3.05, 3.63) is 28.8 Å². The molecule has 0 spiro atoms. The van der Waals surface area contributed by atoms with Gasteiger partial charge in [0.25, 0.3) is 5.91 Å². The van der Waals surface area contributed by atoms with Crippen molar-refractivity contribution in [2.45, 2.75) is 19.9 Å². The molecule has 1 aromatic rings. The van der Waals surface area contributed by atoms with E-state index in [9.17, 15) is 9.59 Å². The van der Waals surface area contributed by atoms with E-state index in [1.165, 1.54) is 14.0 Å². The lowest BCUT2D eigenvalue weighted by Gasteiger charge is -2.12. The molecular weight excluding hydrogens is 270 g/mol. The highest BCUT2D eigenvalue weighted by Crippen LogP contribution is 2.24. The zero-order valence-corrected chi connectivity index (χ0v) is 11.8. The predicted octanol–water partition coefficient (Wildman–Crippen LogP) is 1.70. The van der Waals surface area contributed by atoms with E-state index in [-0.39, 0.29) is 6.61 Å². The molecule has 6 heteroatoms. The number of nitrogens with one attached hydrogen (secondary N) is 1. The zero-order valence-electron chi connectivity index (χ0n) is 11.0. The molecule has 0 saturated heterocycles. The van der Waals surface area contributed by atoms with Crippen LogP contribution in [0.1, 0.15) is 12.5 Å². The van der Waals surface area contributed by atoms with Gasteiger partial charge in [-0.2, -0.15) is 0 Å². The number of amides is 1. The first-order valence-corrected chi connectivity index (χ1v) is 6.08. The fourth-order valence-corrected chi connectivity index (χ4v) is 1.56. The number of carbonyl (C=O) groups is 2. The molecule has 0 bridgehead atoms. The minimum atomic E-state index is -0.714. The second-order valence-corrected chi connectivity index (χ2v) is 4.44. The van der Waals surface area contributed by atoms with Gasteiger partial charge in [-0.25, -0.2) is 4.79 Å². The molecular formula is C13H16ClNO4. The molecule has 104 valence electrons. The third-order valence-electron chi connectivity index (χ3n) is 2.38. The molecule has 1 aromatic carbocycles. The molecule has 0 aliphatic carbocycles. The number of esters is 1. The summed E-state index contributed by atoms with van der Waals surface area (Å²) in [4.78, 5) is 22.7. The Kier molecular flexibility index (Phi) is 5.63. The van der Waals surface area contributed by atoms with Crippen LogP contribution in [0.3, 0.4) is 0 Å². The number of hydrogen-bond donors (Lipinski definition) is 1. The molecule has 5 nitrogen and oxygen atoms in total. The normalized spacial score (nSPS) is 11.6. The minimum absolute atomic E-state index is 0.218. The number of ether oxygens (including phenoxy) is 2. The van der Waals surface area contributed by atoms with Gasteiger partial charge >= 0.3 is 5.97 Å². The van der Waals surface area contributed by atoms with Crippen molar-refractivity contribution >= 4 is 23.5 Å². The van der Waals surface area contributed by atoms with Crippen LogP contribution >= 0.6 is 11.6 Å². The fraction of sp³-hybridized carbons (Fsp3) is 0.385. The van der Waals surface area contributed by atoms with Crippen LogP contribution in [0.25, 0.3) is 0 Å². The van der Waals surface area contributed by atoms with Crippen molar-refractivity contribution in [2.24, 2.45) is 0 Å². The van der Waals surface area contributed by atoms with E-state index in [0.29, 0.717) is 10.8 Å². The Labute approximate surface area is 116 Å². The molecule has 0 heterocycles. The van der Waals surface area contributed by atoms with Crippen molar-refractivity contribution in [3.63, 3.8) is 0 Å². The van der Waals surface area contributed by atoms with Gasteiger partial charge in [0.2, 0.25) is 0 Å². The van der Waals surface area contributed by atoms with Crippen molar-refractivity contribution < 1.29 is 19.1 Å². The average Bonchev–Trinajstić information content (AvgIpc) is 2.38. The van der Waals surface area contributed by atoms with Crippen molar-refractivity contribution in [3.8, 4) is 5.75 Å². The zero-order chi connectivity index (χ0) is 14.4. The summed E-state index contributed by atoms with van der Waals surface area (Å²) in [5.74, 6) is -0.500. The minimum Gasteiger partial charge on any atom is -0.482 e. The van der Waals surface area contributed by atoms with Gasteiger partial charge < -0.3 is 14.8 Å². The maximum absolute atomic E-state index is 11.6. The number of halogens is 1. The van der Waals surface area contributed by atoms with E-state index in [1.54, 1.807) is 12.1 Å². The molecule has 0 saturated carbocycles. The summed E-state index contributed by atoms with van der Waals surface area (Å²) < 4.78 is 9.79. The molecule has 1 N–H and O–H groups in total. The van der Waals surface area contributed by atoms with Gasteiger partial charge in [-0.3, -0.25) is 4.79 Å². The van der Waals surface area contributed by atoms with Gasteiger partial charge in [0.15, 0.2) is 6.61 Å². The first-order valence-electron chi connectivity index (χ1n) is 5.70. The summed E-state index contributed by atoms with van der Waals surface area (Å²) >= 11 is 5.93. The summed E-state index contributed by atoms with van der Waals surface area (Å²) in [6.45, 7) is 3.20. The molecule has 0 aromatic heterocycles. The SMILES string of the molecule is COC(=O)C(C)NC(=O)COc1cc(C)ccc1Cl. The molecule has 1 atom stereocenters. The van der Waals surface area contributed by atoms with Gasteiger partial charge in [-0.1, -0.05) is 17.7 Å². The van der Waals surface area contributed by atoms with E-state index in [1.807, 2.05) is 13.0 Å². The Morgan fingerprint density at radius 3 is 2.74 bits per heavy atom. The second kappa shape index (κ2) is 6.99. The molecule has 0 aliphatic heterocycles. The maximum atomic E-state index is 11.6. The summed E-state index contributed by atoms with van der Waals surface area (Å²) in [7, 11) is 1.26.